The van der Waals surface area contributed by atoms with E-state index in [4.69, 9.17) is 5.73 Å². The molecule has 19 heavy (non-hydrogen) atoms. The fourth-order valence-corrected chi connectivity index (χ4v) is 2.68. The molecule has 0 aromatic heterocycles. The van der Waals surface area contributed by atoms with E-state index in [1.807, 2.05) is 0 Å². The Hall–Kier alpha value is -1.44. The monoisotopic (exact) mass is 296 g/mol. The van der Waals surface area contributed by atoms with Gasteiger partial charge < -0.3 is 11.1 Å². The number of nitrogens with one attached hydrogen (secondary N) is 1. The van der Waals surface area contributed by atoms with Crippen LogP contribution >= 0.6 is 0 Å². The molecule has 0 amide bonds. The van der Waals surface area contributed by atoms with Crippen LogP contribution in [0.4, 0.5) is 24.5 Å². The lowest BCUT2D eigenvalue weighted by Gasteiger charge is -2.19. The van der Waals surface area contributed by atoms with Crippen molar-refractivity contribution in [1.29, 1.82) is 0 Å². The van der Waals surface area contributed by atoms with E-state index in [9.17, 15) is 21.6 Å². The molecule has 0 heterocycles. The number of alkyl halides is 3. The van der Waals surface area contributed by atoms with Crippen LogP contribution in [0, 0.1) is 0 Å². The van der Waals surface area contributed by atoms with Crippen LogP contribution in [-0.4, -0.2) is 26.5 Å². The van der Waals surface area contributed by atoms with Crippen molar-refractivity contribution in [2.75, 3.05) is 23.1 Å². The lowest BCUT2D eigenvalue weighted by Crippen LogP contribution is -2.26. The van der Waals surface area contributed by atoms with Crippen molar-refractivity contribution in [2.45, 2.75) is 19.1 Å². The molecule has 1 rings (SSSR count). The van der Waals surface area contributed by atoms with E-state index in [0.29, 0.717) is 0 Å². The molecular formula is C11H15F3N2O2S. The summed E-state index contributed by atoms with van der Waals surface area (Å²) in [5.74, 6) is -0.255. The Bertz CT molecular complexity index is 556. The maximum Gasteiger partial charge on any atom is 0.418 e. The number of benzene rings is 1. The summed E-state index contributed by atoms with van der Waals surface area (Å²) >= 11 is 0. The molecule has 0 saturated carbocycles. The van der Waals surface area contributed by atoms with E-state index < -0.39 is 27.6 Å². The van der Waals surface area contributed by atoms with Gasteiger partial charge in [0.15, 0.2) is 0 Å². The summed E-state index contributed by atoms with van der Waals surface area (Å²) < 4.78 is 60.6. The van der Waals surface area contributed by atoms with Gasteiger partial charge in [0, 0.05) is 23.7 Å². The van der Waals surface area contributed by atoms with E-state index in [1.54, 1.807) is 0 Å². The Labute approximate surface area is 109 Å². The van der Waals surface area contributed by atoms with Crippen LogP contribution in [0.1, 0.15) is 12.5 Å². The summed E-state index contributed by atoms with van der Waals surface area (Å²) in [5.41, 5.74) is 4.24. The number of hydrogen-bond donors (Lipinski definition) is 2. The quantitative estimate of drug-likeness (QED) is 0.835. The molecule has 3 N–H and O–H groups in total. The molecule has 0 aliphatic heterocycles. The van der Waals surface area contributed by atoms with E-state index in [-0.39, 0.29) is 17.1 Å². The van der Waals surface area contributed by atoms with Gasteiger partial charge in [0.1, 0.15) is 9.84 Å². The van der Waals surface area contributed by atoms with Crippen molar-refractivity contribution in [2.24, 2.45) is 0 Å². The van der Waals surface area contributed by atoms with E-state index in [2.05, 4.69) is 5.32 Å². The van der Waals surface area contributed by atoms with Crippen LogP contribution in [0.25, 0.3) is 0 Å². The summed E-state index contributed by atoms with van der Waals surface area (Å²) in [7, 11) is -3.27. The van der Waals surface area contributed by atoms with Crippen molar-refractivity contribution in [1.82, 2.24) is 0 Å². The Kier molecular flexibility index (Phi) is 4.34. The van der Waals surface area contributed by atoms with Crippen LogP contribution in [0.15, 0.2) is 18.2 Å². The molecule has 0 aliphatic rings. The lowest BCUT2D eigenvalue weighted by atomic mass is 10.1. The second-order valence-corrected chi connectivity index (χ2v) is 6.63. The van der Waals surface area contributed by atoms with E-state index >= 15 is 0 Å². The number of halogens is 3. The Morgan fingerprint density at radius 2 is 1.95 bits per heavy atom. The minimum atomic E-state index is -4.55. The number of rotatable bonds is 4. The summed E-state index contributed by atoms with van der Waals surface area (Å²) in [6.45, 7) is 1.50. The van der Waals surface area contributed by atoms with Gasteiger partial charge in [-0.3, -0.25) is 0 Å². The molecule has 0 fully saturated rings. The highest BCUT2D eigenvalue weighted by molar-refractivity contribution is 7.90. The van der Waals surface area contributed by atoms with Gasteiger partial charge in [-0.1, -0.05) is 0 Å². The Morgan fingerprint density at radius 3 is 2.42 bits per heavy atom. The zero-order valence-electron chi connectivity index (χ0n) is 10.5. The largest absolute Gasteiger partial charge is 0.418 e. The highest BCUT2D eigenvalue weighted by Gasteiger charge is 2.34. The predicted molar refractivity (Wildman–Crippen MR) is 68.7 cm³/mol. The highest BCUT2D eigenvalue weighted by atomic mass is 32.2. The molecule has 1 atom stereocenters. The molecular weight excluding hydrogens is 281 g/mol. The minimum absolute atomic E-state index is 0.00589. The van der Waals surface area contributed by atoms with Crippen LogP contribution < -0.4 is 11.1 Å². The van der Waals surface area contributed by atoms with Crippen molar-refractivity contribution < 1.29 is 21.6 Å². The highest BCUT2D eigenvalue weighted by Crippen LogP contribution is 2.36. The van der Waals surface area contributed by atoms with Gasteiger partial charge in [0.25, 0.3) is 0 Å². The Balaban J connectivity index is 3.02. The first-order valence-electron chi connectivity index (χ1n) is 5.40. The predicted octanol–water partition coefficient (Wildman–Crippen LogP) is 2.13. The second-order valence-electron chi connectivity index (χ2n) is 4.44. The van der Waals surface area contributed by atoms with Crippen molar-refractivity contribution >= 4 is 21.2 Å². The fourth-order valence-electron chi connectivity index (χ4n) is 1.68. The van der Waals surface area contributed by atoms with Crippen molar-refractivity contribution in [3.8, 4) is 0 Å². The SMILES string of the molecule is CC(CS(C)(=O)=O)Nc1ccc(N)cc1C(F)(F)F. The molecule has 8 heteroatoms. The average molecular weight is 296 g/mol. The smallest absolute Gasteiger partial charge is 0.399 e. The topological polar surface area (TPSA) is 72.2 Å². The van der Waals surface area contributed by atoms with Crippen LogP contribution in [0.2, 0.25) is 0 Å². The van der Waals surface area contributed by atoms with Gasteiger partial charge in [-0.2, -0.15) is 13.2 Å². The molecule has 4 nitrogen and oxygen atoms in total. The Morgan fingerprint density at radius 1 is 1.37 bits per heavy atom. The molecule has 0 aliphatic carbocycles. The minimum Gasteiger partial charge on any atom is -0.399 e. The van der Waals surface area contributed by atoms with Gasteiger partial charge in [0.05, 0.1) is 11.3 Å². The lowest BCUT2D eigenvalue weighted by molar-refractivity contribution is -0.136. The van der Waals surface area contributed by atoms with Gasteiger partial charge in [-0.15, -0.1) is 0 Å². The fraction of sp³-hybridized carbons (Fsp3) is 0.455. The standard InChI is InChI=1S/C11H15F3N2O2S/c1-7(6-19(2,17)18)16-10-4-3-8(15)5-9(10)11(12,13)14/h3-5,7,16H,6,15H2,1-2H3. The molecule has 0 spiro atoms. The number of nitrogen functional groups attached to an aromatic ring is 1. The zero-order valence-corrected chi connectivity index (χ0v) is 11.3. The van der Waals surface area contributed by atoms with Crippen LogP contribution in [0.3, 0.4) is 0 Å². The third-order valence-corrected chi connectivity index (χ3v) is 3.41. The molecule has 0 bridgehead atoms. The van der Waals surface area contributed by atoms with Crippen molar-refractivity contribution in [3.63, 3.8) is 0 Å². The van der Waals surface area contributed by atoms with Crippen LogP contribution in [-0.2, 0) is 16.0 Å². The van der Waals surface area contributed by atoms with Crippen molar-refractivity contribution in [3.05, 3.63) is 23.8 Å². The molecule has 108 valence electrons. The van der Waals surface area contributed by atoms with Gasteiger partial charge >= 0.3 is 6.18 Å². The molecule has 1 aromatic rings. The maximum atomic E-state index is 12.8. The summed E-state index contributed by atoms with van der Waals surface area (Å²) in [4.78, 5) is 0. The summed E-state index contributed by atoms with van der Waals surface area (Å²) in [6, 6.07) is 2.69. The molecule has 0 radical (unpaired) electrons. The number of sulfone groups is 1. The molecule has 1 unspecified atom stereocenters. The summed E-state index contributed by atoms with van der Waals surface area (Å²) in [5, 5.41) is 2.55. The van der Waals surface area contributed by atoms with Gasteiger partial charge in [0.2, 0.25) is 0 Å². The average Bonchev–Trinajstić information content (AvgIpc) is 2.16. The zero-order chi connectivity index (χ0) is 14.8. The first kappa shape index (κ1) is 15.6. The first-order valence-corrected chi connectivity index (χ1v) is 7.46. The maximum absolute atomic E-state index is 12.8. The van der Waals surface area contributed by atoms with Gasteiger partial charge in [-0.05, 0) is 25.1 Å². The van der Waals surface area contributed by atoms with Crippen LogP contribution in [0.5, 0.6) is 0 Å². The summed E-state index contributed by atoms with van der Waals surface area (Å²) in [6.07, 6.45) is -3.53. The van der Waals surface area contributed by atoms with E-state index in [0.717, 1.165) is 12.3 Å². The third-order valence-electron chi connectivity index (χ3n) is 2.30. The number of anilines is 2. The molecule has 1 aromatic carbocycles. The molecule has 0 saturated heterocycles. The number of hydrogen-bond acceptors (Lipinski definition) is 4. The normalized spacial score (nSPS) is 14.2. The van der Waals surface area contributed by atoms with Gasteiger partial charge in [-0.25, -0.2) is 8.42 Å². The van der Waals surface area contributed by atoms with E-state index in [1.165, 1.54) is 19.1 Å². The number of nitrogens with two attached hydrogens (primary N) is 1. The first-order chi connectivity index (χ1) is 8.49. The second kappa shape index (κ2) is 5.28. The third kappa shape index (κ3) is 4.98.